The average molecular weight is 507 g/mol. The maximum Gasteiger partial charge on any atom is 0.326 e. The SMILES string of the molecule is O=C(Nc1c(Cl)cncc1Cl)c1ccc(C[C@H](Nc2c(NCCCO)c(=O)c2=O)C(=O)O)cc1. The minimum atomic E-state index is -1.22. The molecule has 34 heavy (non-hydrogen) atoms. The van der Waals surface area contributed by atoms with E-state index in [2.05, 4.69) is 20.9 Å². The van der Waals surface area contributed by atoms with Crippen LogP contribution in [-0.2, 0) is 11.2 Å². The summed E-state index contributed by atoms with van der Waals surface area (Å²) < 4.78 is 0. The number of nitrogens with zero attached hydrogens (tertiary/aromatic N) is 1. The minimum absolute atomic E-state index is 0.00477. The van der Waals surface area contributed by atoms with E-state index in [9.17, 15) is 24.3 Å². The third kappa shape index (κ3) is 5.71. The van der Waals surface area contributed by atoms with E-state index in [1.54, 1.807) is 12.1 Å². The van der Waals surface area contributed by atoms with E-state index in [-0.39, 0.29) is 52.2 Å². The van der Waals surface area contributed by atoms with Crippen molar-refractivity contribution in [2.75, 3.05) is 29.1 Å². The number of pyridine rings is 1. The van der Waals surface area contributed by atoms with Gasteiger partial charge in [0.05, 0.1) is 15.7 Å². The lowest BCUT2D eigenvalue weighted by atomic mass is 10.0. The molecule has 0 aliphatic carbocycles. The lowest BCUT2D eigenvalue weighted by Crippen LogP contribution is -2.42. The zero-order chi connectivity index (χ0) is 24.8. The van der Waals surface area contributed by atoms with Gasteiger partial charge in [-0.3, -0.25) is 19.4 Å². The summed E-state index contributed by atoms with van der Waals surface area (Å²) in [6, 6.07) is 4.96. The molecule has 1 amide bonds. The van der Waals surface area contributed by atoms with Crippen molar-refractivity contribution in [3.8, 4) is 0 Å². The molecule has 178 valence electrons. The number of anilines is 3. The van der Waals surface area contributed by atoms with Crippen molar-refractivity contribution >= 4 is 52.1 Å². The van der Waals surface area contributed by atoms with Gasteiger partial charge in [0, 0.05) is 37.5 Å². The highest BCUT2D eigenvalue weighted by Crippen LogP contribution is 2.29. The summed E-state index contributed by atoms with van der Waals surface area (Å²) in [7, 11) is 0. The van der Waals surface area contributed by atoms with E-state index in [4.69, 9.17) is 28.3 Å². The van der Waals surface area contributed by atoms with Gasteiger partial charge in [-0.2, -0.15) is 0 Å². The van der Waals surface area contributed by atoms with Crippen molar-refractivity contribution in [2.24, 2.45) is 0 Å². The quantitative estimate of drug-likeness (QED) is 0.194. The number of aliphatic carboxylic acids is 1. The summed E-state index contributed by atoms with van der Waals surface area (Å²) in [6.07, 6.45) is 3.03. The number of carboxylic acids is 1. The first-order chi connectivity index (χ1) is 16.2. The van der Waals surface area contributed by atoms with E-state index in [0.717, 1.165) is 0 Å². The number of amides is 1. The second kappa shape index (κ2) is 11.1. The average Bonchev–Trinajstić information content (AvgIpc) is 2.82. The van der Waals surface area contributed by atoms with Gasteiger partial charge in [0.15, 0.2) is 0 Å². The third-order valence-electron chi connectivity index (χ3n) is 4.91. The Hall–Kier alpha value is -3.47. The number of carbonyl (C=O) groups is 2. The number of carbonyl (C=O) groups excluding carboxylic acids is 1. The van der Waals surface area contributed by atoms with Gasteiger partial charge in [-0.25, -0.2) is 4.79 Å². The first-order valence-corrected chi connectivity index (χ1v) is 10.8. The number of aliphatic hydroxyl groups is 1. The van der Waals surface area contributed by atoms with Crippen molar-refractivity contribution in [1.82, 2.24) is 4.98 Å². The molecule has 0 radical (unpaired) electrons. The maximum absolute atomic E-state index is 12.5. The summed E-state index contributed by atoms with van der Waals surface area (Å²) in [5.74, 6) is -1.70. The van der Waals surface area contributed by atoms with Crippen molar-refractivity contribution in [3.05, 3.63) is 78.3 Å². The lowest BCUT2D eigenvalue weighted by molar-refractivity contribution is -0.137. The fourth-order valence-electron chi connectivity index (χ4n) is 3.11. The second-order valence-electron chi connectivity index (χ2n) is 7.28. The van der Waals surface area contributed by atoms with Gasteiger partial charge in [0.2, 0.25) is 0 Å². The summed E-state index contributed by atoms with van der Waals surface area (Å²) >= 11 is 12.0. The molecule has 5 N–H and O–H groups in total. The van der Waals surface area contributed by atoms with Crippen molar-refractivity contribution in [1.29, 1.82) is 0 Å². The summed E-state index contributed by atoms with van der Waals surface area (Å²) in [5.41, 5.74) is -0.565. The Bertz CT molecular complexity index is 1250. The molecule has 1 aromatic heterocycles. The monoisotopic (exact) mass is 506 g/mol. The lowest BCUT2D eigenvalue weighted by Gasteiger charge is -2.20. The molecule has 0 fully saturated rings. The molecule has 0 bridgehead atoms. The fourth-order valence-corrected chi connectivity index (χ4v) is 3.57. The molecule has 12 heteroatoms. The molecule has 2 aromatic carbocycles. The van der Waals surface area contributed by atoms with E-state index in [1.807, 2.05) is 0 Å². The predicted molar refractivity (Wildman–Crippen MR) is 129 cm³/mol. The van der Waals surface area contributed by atoms with Crippen LogP contribution in [0.2, 0.25) is 10.0 Å². The van der Waals surface area contributed by atoms with Crippen molar-refractivity contribution in [3.63, 3.8) is 0 Å². The van der Waals surface area contributed by atoms with E-state index in [0.29, 0.717) is 12.0 Å². The highest BCUT2D eigenvalue weighted by atomic mass is 35.5. The Labute approximate surface area is 203 Å². The van der Waals surface area contributed by atoms with Crippen LogP contribution < -0.4 is 26.8 Å². The standard InChI is InChI=1S/C22H20Cl2N4O6/c23-13-9-25-10-14(24)16(13)28-21(32)12-4-2-11(3-5-12)8-15(22(33)34)27-18-17(19(30)20(18)31)26-6-1-7-29/h2-5,9-10,15,26-27,29H,1,6-8H2,(H,33,34)(H,25,28,32)/t15-/m0/s1. The molecule has 1 atom stereocenters. The normalized spacial score (nSPS) is 11.7. The van der Waals surface area contributed by atoms with E-state index >= 15 is 0 Å². The highest BCUT2D eigenvalue weighted by Gasteiger charge is 2.26. The first kappa shape index (κ1) is 25.2. The number of carboxylic acid groups (broad SMARTS) is 1. The van der Waals surface area contributed by atoms with Gasteiger partial charge in [-0.15, -0.1) is 0 Å². The molecule has 1 heterocycles. The van der Waals surface area contributed by atoms with Crippen LogP contribution in [0.5, 0.6) is 0 Å². The second-order valence-corrected chi connectivity index (χ2v) is 8.10. The number of hydrogen-bond acceptors (Lipinski definition) is 8. The van der Waals surface area contributed by atoms with Crippen LogP contribution in [0.25, 0.3) is 0 Å². The summed E-state index contributed by atoms with van der Waals surface area (Å²) in [4.78, 5) is 51.8. The molecule has 3 aromatic rings. The molecular weight excluding hydrogens is 487 g/mol. The molecule has 0 saturated carbocycles. The van der Waals surface area contributed by atoms with Crippen molar-refractivity contribution in [2.45, 2.75) is 18.9 Å². The van der Waals surface area contributed by atoms with Crippen LogP contribution in [0.1, 0.15) is 22.3 Å². The van der Waals surface area contributed by atoms with Gasteiger partial charge in [0.25, 0.3) is 16.8 Å². The first-order valence-electron chi connectivity index (χ1n) is 10.1. The number of hydrogen-bond donors (Lipinski definition) is 5. The van der Waals surface area contributed by atoms with Crippen molar-refractivity contribution < 1.29 is 19.8 Å². The number of aromatic nitrogens is 1. The Morgan fingerprint density at radius 1 is 0.971 bits per heavy atom. The Morgan fingerprint density at radius 3 is 2.18 bits per heavy atom. The van der Waals surface area contributed by atoms with Crippen LogP contribution in [0.15, 0.2) is 46.2 Å². The predicted octanol–water partition coefficient (Wildman–Crippen LogP) is 2.14. The Balaban J connectivity index is 1.69. The number of nitrogens with one attached hydrogen (secondary N) is 3. The largest absolute Gasteiger partial charge is 0.480 e. The highest BCUT2D eigenvalue weighted by molar-refractivity contribution is 6.39. The molecule has 0 aliphatic rings. The van der Waals surface area contributed by atoms with Crippen LogP contribution in [0.4, 0.5) is 17.1 Å². The molecule has 0 spiro atoms. The third-order valence-corrected chi connectivity index (χ3v) is 5.48. The fraction of sp³-hybridized carbons (Fsp3) is 0.227. The van der Waals surface area contributed by atoms with Crippen LogP contribution in [-0.4, -0.2) is 46.3 Å². The number of rotatable bonds is 11. The van der Waals surface area contributed by atoms with E-state index in [1.165, 1.54) is 24.5 Å². The molecule has 10 nitrogen and oxygen atoms in total. The Morgan fingerprint density at radius 2 is 1.59 bits per heavy atom. The molecular formula is C22H20Cl2N4O6. The van der Waals surface area contributed by atoms with Gasteiger partial charge in [-0.05, 0) is 24.1 Å². The van der Waals surface area contributed by atoms with Crippen LogP contribution >= 0.6 is 23.2 Å². The number of halogens is 2. The van der Waals surface area contributed by atoms with Gasteiger partial charge in [0.1, 0.15) is 17.4 Å². The maximum atomic E-state index is 12.5. The molecule has 0 saturated heterocycles. The van der Waals surface area contributed by atoms with Gasteiger partial charge < -0.3 is 26.2 Å². The smallest absolute Gasteiger partial charge is 0.326 e. The molecule has 3 rings (SSSR count). The van der Waals surface area contributed by atoms with E-state index < -0.39 is 28.8 Å². The summed E-state index contributed by atoms with van der Waals surface area (Å²) in [6.45, 7) is 0.160. The molecule has 0 aliphatic heterocycles. The zero-order valence-electron chi connectivity index (χ0n) is 17.6. The Kier molecular flexibility index (Phi) is 8.21. The van der Waals surface area contributed by atoms with Crippen LogP contribution in [0, 0.1) is 0 Å². The number of benzene rings is 1. The zero-order valence-corrected chi connectivity index (χ0v) is 19.1. The van der Waals surface area contributed by atoms with Gasteiger partial charge in [-0.1, -0.05) is 35.3 Å². The van der Waals surface area contributed by atoms with Gasteiger partial charge >= 0.3 is 5.97 Å². The summed E-state index contributed by atoms with van der Waals surface area (Å²) in [5, 5.41) is 26.7. The molecule has 0 unspecified atom stereocenters. The topological polar surface area (TPSA) is 158 Å². The number of aliphatic hydroxyl groups excluding tert-OH is 1. The van der Waals surface area contributed by atoms with Crippen LogP contribution in [0.3, 0.4) is 0 Å². The minimum Gasteiger partial charge on any atom is -0.480 e.